The third-order valence-corrected chi connectivity index (χ3v) is 8.44. The molecule has 1 saturated heterocycles. The minimum atomic E-state index is -2.79. The molecule has 1 aliphatic carbocycles. The minimum Gasteiger partial charge on any atom is -0.487 e. The molecule has 3 aliphatic rings. The first kappa shape index (κ1) is 27.3. The van der Waals surface area contributed by atoms with E-state index < -0.39 is 30.3 Å². The van der Waals surface area contributed by atoms with Crippen molar-refractivity contribution >= 4 is 29.4 Å². The Kier molecular flexibility index (Phi) is 7.75. The monoisotopic (exact) mass is 565 g/mol. The van der Waals surface area contributed by atoms with E-state index in [1.54, 1.807) is 21.9 Å². The van der Waals surface area contributed by atoms with Gasteiger partial charge in [-0.3, -0.25) is 14.4 Å². The van der Waals surface area contributed by atoms with Gasteiger partial charge in [0.15, 0.2) is 0 Å². The van der Waals surface area contributed by atoms with Gasteiger partial charge in [-0.25, -0.2) is 13.5 Å². The van der Waals surface area contributed by atoms with Gasteiger partial charge in [0.05, 0.1) is 17.9 Å². The van der Waals surface area contributed by atoms with Gasteiger partial charge in [0.1, 0.15) is 23.7 Å². The molecule has 3 atom stereocenters. The molecule has 5 rings (SSSR count). The van der Waals surface area contributed by atoms with Gasteiger partial charge in [-0.1, -0.05) is 23.2 Å². The predicted octanol–water partition coefficient (Wildman–Crippen LogP) is 3.53. The summed E-state index contributed by atoms with van der Waals surface area (Å²) in [4.78, 5) is 41.7. The molecule has 13 heteroatoms. The van der Waals surface area contributed by atoms with Crippen LogP contribution in [0.5, 0.6) is 5.75 Å². The highest BCUT2D eigenvalue weighted by Crippen LogP contribution is 2.43. The molecule has 1 unspecified atom stereocenters. The number of amides is 2. The maximum atomic E-state index is 13.9. The van der Waals surface area contributed by atoms with Crippen LogP contribution in [0.4, 0.5) is 8.78 Å². The third-order valence-electron chi connectivity index (χ3n) is 8.09. The Hall–Kier alpha value is -3.28. The Labute approximate surface area is 228 Å². The summed E-state index contributed by atoms with van der Waals surface area (Å²) in [6.07, 6.45) is 0.305. The zero-order valence-corrected chi connectivity index (χ0v) is 22.2. The number of carboxylic acid groups (broad SMARTS) is 1. The van der Waals surface area contributed by atoms with Crippen molar-refractivity contribution < 1.29 is 33.0 Å². The van der Waals surface area contributed by atoms with Gasteiger partial charge in [0.25, 0.3) is 6.43 Å². The predicted molar refractivity (Wildman–Crippen MR) is 134 cm³/mol. The molecule has 2 amide bonds. The molecule has 1 aromatic carbocycles. The standard InChI is InChI=1S/C26H30ClF2N5O5/c1-32-23(24(28)29)18(30-31-32)13-39-20-8-7-17(27)16-9-11-34(25(36)14-4-2-5-15(14)26(37)38)19(22(16)20)12-33-10-3-6-21(33)35/h7-8,14-15,19,24H,2-6,9-13H2,1H3,(H,37,38)/t14?,15-,19-/m1/s1. The number of hydrogen-bond donors (Lipinski definition) is 1. The molecule has 10 nitrogen and oxygen atoms in total. The van der Waals surface area contributed by atoms with Crippen LogP contribution in [0, 0.1) is 11.8 Å². The molecule has 0 spiro atoms. The largest absolute Gasteiger partial charge is 0.487 e. The summed E-state index contributed by atoms with van der Waals surface area (Å²) in [5.74, 6) is -2.34. The van der Waals surface area contributed by atoms with Gasteiger partial charge >= 0.3 is 5.97 Å². The second kappa shape index (κ2) is 11.1. The molecular weight excluding hydrogens is 536 g/mol. The first-order chi connectivity index (χ1) is 18.7. The SMILES string of the molecule is Cn1nnc(COc2ccc(Cl)c3c2[C@@H](CN2CCCC2=O)N(C(=O)C2CCC[C@H]2C(=O)O)CC3)c1C(F)F. The molecule has 1 N–H and O–H groups in total. The highest BCUT2D eigenvalue weighted by molar-refractivity contribution is 6.31. The van der Waals surface area contributed by atoms with Crippen LogP contribution in [0.3, 0.4) is 0 Å². The van der Waals surface area contributed by atoms with Crippen molar-refractivity contribution in [3.63, 3.8) is 0 Å². The second-order valence-corrected chi connectivity index (χ2v) is 10.7. The van der Waals surface area contributed by atoms with Gasteiger partial charge in [-0.05, 0) is 43.4 Å². The smallest absolute Gasteiger partial charge is 0.307 e. The highest BCUT2D eigenvalue weighted by atomic mass is 35.5. The number of rotatable bonds is 8. The third kappa shape index (κ3) is 5.18. The van der Waals surface area contributed by atoms with Gasteiger partial charge in [0, 0.05) is 43.7 Å². The number of benzene rings is 1. The Morgan fingerprint density at radius 1 is 1.18 bits per heavy atom. The molecule has 2 aliphatic heterocycles. The Balaban J connectivity index is 1.51. The fourth-order valence-corrected chi connectivity index (χ4v) is 6.41. The molecule has 1 saturated carbocycles. The normalized spacial score (nSPS) is 23.0. The summed E-state index contributed by atoms with van der Waals surface area (Å²) in [7, 11) is 1.38. The lowest BCUT2D eigenvalue weighted by atomic mass is 9.88. The van der Waals surface area contributed by atoms with E-state index in [4.69, 9.17) is 16.3 Å². The second-order valence-electron chi connectivity index (χ2n) is 10.3. The van der Waals surface area contributed by atoms with Crippen LogP contribution in [0.2, 0.25) is 5.02 Å². The number of halogens is 3. The maximum Gasteiger partial charge on any atom is 0.307 e. The minimum absolute atomic E-state index is 0.0125. The number of nitrogens with zero attached hydrogens (tertiary/aromatic N) is 5. The van der Waals surface area contributed by atoms with Crippen molar-refractivity contribution in [1.29, 1.82) is 0 Å². The molecule has 210 valence electrons. The van der Waals surface area contributed by atoms with Crippen molar-refractivity contribution in [2.24, 2.45) is 18.9 Å². The van der Waals surface area contributed by atoms with E-state index in [9.17, 15) is 28.3 Å². The van der Waals surface area contributed by atoms with E-state index in [1.807, 2.05) is 0 Å². The lowest BCUT2D eigenvalue weighted by Gasteiger charge is -2.41. The number of carbonyl (C=O) groups excluding carboxylic acids is 2. The highest BCUT2D eigenvalue weighted by Gasteiger charge is 2.44. The van der Waals surface area contributed by atoms with Crippen molar-refractivity contribution in [2.45, 2.75) is 57.6 Å². The molecule has 0 bridgehead atoms. The number of aryl methyl sites for hydroxylation is 1. The Bertz CT molecular complexity index is 1290. The summed E-state index contributed by atoms with van der Waals surface area (Å²) in [6, 6.07) is 2.65. The van der Waals surface area contributed by atoms with Crippen LogP contribution in [-0.4, -0.2) is 67.3 Å². The molecule has 0 radical (unpaired) electrons. The number of likely N-dealkylation sites (tertiary alicyclic amines) is 1. The number of carboxylic acids is 1. The number of ether oxygens (including phenoxy) is 1. The van der Waals surface area contributed by atoms with Crippen LogP contribution in [0.15, 0.2) is 12.1 Å². The van der Waals surface area contributed by atoms with Crippen molar-refractivity contribution in [3.8, 4) is 5.75 Å². The number of fused-ring (bicyclic) bond motifs is 1. The number of aliphatic carboxylic acids is 1. The topological polar surface area (TPSA) is 118 Å². The quantitative estimate of drug-likeness (QED) is 0.520. The van der Waals surface area contributed by atoms with Gasteiger partial charge in [0.2, 0.25) is 11.8 Å². The lowest BCUT2D eigenvalue weighted by Crippen LogP contribution is -2.48. The number of carbonyl (C=O) groups is 3. The van der Waals surface area contributed by atoms with Crippen LogP contribution < -0.4 is 4.74 Å². The summed E-state index contributed by atoms with van der Waals surface area (Å²) >= 11 is 6.59. The summed E-state index contributed by atoms with van der Waals surface area (Å²) in [6.45, 7) is 0.771. The Morgan fingerprint density at radius 3 is 2.64 bits per heavy atom. The Morgan fingerprint density at radius 2 is 1.95 bits per heavy atom. The van der Waals surface area contributed by atoms with Gasteiger partial charge in [-0.2, -0.15) is 0 Å². The van der Waals surface area contributed by atoms with Crippen LogP contribution >= 0.6 is 11.6 Å². The van der Waals surface area contributed by atoms with Crippen LogP contribution in [0.25, 0.3) is 0 Å². The lowest BCUT2D eigenvalue weighted by molar-refractivity contribution is -0.150. The molecule has 2 aromatic rings. The van der Waals surface area contributed by atoms with E-state index >= 15 is 0 Å². The molecular formula is C26H30ClF2N5O5. The molecule has 3 heterocycles. The summed E-state index contributed by atoms with van der Waals surface area (Å²) in [5, 5.41) is 17.7. The number of alkyl halides is 2. The first-order valence-corrected chi connectivity index (χ1v) is 13.5. The van der Waals surface area contributed by atoms with Gasteiger partial charge < -0.3 is 19.6 Å². The fraction of sp³-hybridized carbons (Fsp3) is 0.577. The van der Waals surface area contributed by atoms with Crippen molar-refractivity contribution in [2.75, 3.05) is 19.6 Å². The fourth-order valence-electron chi connectivity index (χ4n) is 6.15. The molecule has 1 aromatic heterocycles. The number of aromatic nitrogens is 3. The van der Waals surface area contributed by atoms with Crippen molar-refractivity contribution in [1.82, 2.24) is 24.8 Å². The summed E-state index contributed by atoms with van der Waals surface area (Å²) in [5.41, 5.74) is 0.995. The number of hydrogen-bond acceptors (Lipinski definition) is 6. The molecule has 2 fully saturated rings. The first-order valence-electron chi connectivity index (χ1n) is 13.1. The van der Waals surface area contributed by atoms with E-state index in [1.165, 1.54) is 7.05 Å². The van der Waals surface area contributed by atoms with E-state index in [0.717, 1.165) is 10.2 Å². The van der Waals surface area contributed by atoms with E-state index in [0.29, 0.717) is 68.0 Å². The van der Waals surface area contributed by atoms with Gasteiger partial charge in [-0.15, -0.1) is 5.10 Å². The van der Waals surface area contributed by atoms with Crippen LogP contribution in [0.1, 0.15) is 67.1 Å². The summed E-state index contributed by atoms with van der Waals surface area (Å²) < 4.78 is 34.2. The average Bonchev–Trinajstić information content (AvgIpc) is 3.64. The maximum absolute atomic E-state index is 13.9. The zero-order valence-electron chi connectivity index (χ0n) is 21.5. The molecule has 39 heavy (non-hydrogen) atoms. The van der Waals surface area contributed by atoms with Crippen molar-refractivity contribution in [3.05, 3.63) is 39.7 Å². The van der Waals surface area contributed by atoms with Crippen LogP contribution in [-0.2, 0) is 34.5 Å². The average molecular weight is 566 g/mol. The zero-order chi connectivity index (χ0) is 27.8. The van der Waals surface area contributed by atoms with E-state index in [2.05, 4.69) is 10.3 Å². The van der Waals surface area contributed by atoms with E-state index in [-0.39, 0.29) is 36.4 Å².